The van der Waals surface area contributed by atoms with Crippen molar-refractivity contribution < 1.29 is 9.47 Å². The number of hydrogen-bond donors (Lipinski definition) is 1. The summed E-state index contributed by atoms with van der Waals surface area (Å²) in [6.07, 6.45) is 0.909. The van der Waals surface area contributed by atoms with Crippen LogP contribution in [0.4, 0.5) is 0 Å². The van der Waals surface area contributed by atoms with Crippen molar-refractivity contribution in [1.82, 2.24) is 5.32 Å². The van der Waals surface area contributed by atoms with Gasteiger partial charge in [0.05, 0.1) is 11.6 Å². The Morgan fingerprint density at radius 3 is 2.19 bits per heavy atom. The molecule has 3 aromatic carbocycles. The fourth-order valence-electron chi connectivity index (χ4n) is 3.03. The van der Waals surface area contributed by atoms with E-state index in [4.69, 9.17) is 55.9 Å². The molecule has 0 aliphatic rings. The molecular weight excluding hydrogens is 512 g/mol. The molecule has 8 heteroatoms. The number of ether oxygens (including phenoxy) is 2. The zero-order valence-electron chi connectivity index (χ0n) is 17.5. The predicted molar refractivity (Wildman–Crippen MR) is 138 cm³/mol. The Kier molecular flexibility index (Phi) is 11.3. The number of hydrogen-bond acceptors (Lipinski definition) is 3. The lowest BCUT2D eigenvalue weighted by atomic mass is 10.1. The third-order valence-corrected chi connectivity index (χ3v) is 5.71. The molecule has 0 spiro atoms. The van der Waals surface area contributed by atoms with Crippen molar-refractivity contribution in [2.75, 3.05) is 13.2 Å². The van der Waals surface area contributed by atoms with Crippen LogP contribution in [0.15, 0.2) is 54.6 Å². The molecule has 0 aromatic heterocycles. The third-order valence-electron chi connectivity index (χ3n) is 4.59. The van der Waals surface area contributed by atoms with Gasteiger partial charge in [0.2, 0.25) is 0 Å². The van der Waals surface area contributed by atoms with E-state index in [1.807, 2.05) is 49.4 Å². The first-order chi connectivity index (χ1) is 15.0. The van der Waals surface area contributed by atoms with Gasteiger partial charge in [0.25, 0.3) is 0 Å². The van der Waals surface area contributed by atoms with Gasteiger partial charge in [-0.3, -0.25) is 0 Å². The number of rotatable bonds is 10. The van der Waals surface area contributed by atoms with E-state index in [9.17, 15) is 0 Å². The molecule has 0 bridgehead atoms. The summed E-state index contributed by atoms with van der Waals surface area (Å²) in [5, 5.41) is 5.79. The van der Waals surface area contributed by atoms with Gasteiger partial charge in [0.15, 0.2) is 11.5 Å². The Hall–Kier alpha value is -1.33. The molecule has 0 saturated heterocycles. The van der Waals surface area contributed by atoms with Crippen LogP contribution in [0.1, 0.15) is 23.6 Å². The van der Waals surface area contributed by atoms with Crippen molar-refractivity contribution in [3.63, 3.8) is 0 Å². The molecule has 0 unspecified atom stereocenters. The molecule has 0 radical (unpaired) electrons. The van der Waals surface area contributed by atoms with Crippen molar-refractivity contribution >= 4 is 58.8 Å². The Morgan fingerprint density at radius 2 is 1.50 bits per heavy atom. The molecule has 0 heterocycles. The largest absolute Gasteiger partial charge is 0.490 e. The van der Waals surface area contributed by atoms with Crippen LogP contribution in [0.2, 0.25) is 20.1 Å². The van der Waals surface area contributed by atoms with Crippen LogP contribution in [-0.4, -0.2) is 13.2 Å². The van der Waals surface area contributed by atoms with E-state index in [2.05, 4.69) is 5.32 Å². The standard InChI is InChI=1S/C24H23Cl4NO2.ClH/c1-2-30-23-12-17(14-29-10-9-16-3-6-19(25)7-4-16)11-22(28)24(23)31-15-18-5-8-20(26)13-21(18)27;/h3-8,11-13,29H,2,9-10,14-15H2,1H3;1H. The minimum Gasteiger partial charge on any atom is -0.490 e. The number of nitrogens with one attached hydrogen (secondary N) is 1. The Balaban J connectivity index is 0.00000363. The molecule has 0 atom stereocenters. The number of halogens is 5. The monoisotopic (exact) mass is 533 g/mol. The summed E-state index contributed by atoms with van der Waals surface area (Å²) in [5.74, 6) is 1.11. The minimum absolute atomic E-state index is 0. The highest BCUT2D eigenvalue weighted by Gasteiger charge is 2.14. The molecule has 3 nitrogen and oxygen atoms in total. The SMILES string of the molecule is CCOc1cc(CNCCc2ccc(Cl)cc2)cc(Cl)c1OCc1ccc(Cl)cc1Cl.Cl. The molecule has 0 fully saturated rings. The average molecular weight is 536 g/mol. The van der Waals surface area contributed by atoms with Crippen LogP contribution in [0.5, 0.6) is 11.5 Å². The molecule has 1 N–H and O–H groups in total. The van der Waals surface area contributed by atoms with Gasteiger partial charge in [-0.15, -0.1) is 12.4 Å². The third kappa shape index (κ3) is 7.91. The van der Waals surface area contributed by atoms with Crippen LogP contribution >= 0.6 is 58.8 Å². The maximum absolute atomic E-state index is 6.53. The lowest BCUT2D eigenvalue weighted by Crippen LogP contribution is -2.16. The second-order valence-electron chi connectivity index (χ2n) is 6.92. The summed E-state index contributed by atoms with van der Waals surface area (Å²) in [7, 11) is 0. The van der Waals surface area contributed by atoms with Gasteiger partial charge in [-0.05, 0) is 67.4 Å². The lowest BCUT2D eigenvalue weighted by molar-refractivity contribution is 0.269. The van der Waals surface area contributed by atoms with Crippen molar-refractivity contribution in [3.8, 4) is 11.5 Å². The Labute approximate surface area is 215 Å². The van der Waals surface area contributed by atoms with E-state index >= 15 is 0 Å². The van der Waals surface area contributed by atoms with Crippen LogP contribution in [-0.2, 0) is 19.6 Å². The topological polar surface area (TPSA) is 30.5 Å². The summed E-state index contributed by atoms with van der Waals surface area (Å²) in [4.78, 5) is 0. The second kappa shape index (κ2) is 13.4. The van der Waals surface area contributed by atoms with E-state index in [0.717, 1.165) is 29.1 Å². The summed E-state index contributed by atoms with van der Waals surface area (Å²) in [6.45, 7) is 4.17. The smallest absolute Gasteiger partial charge is 0.180 e. The molecular formula is C24H24Cl5NO2. The van der Waals surface area contributed by atoms with Crippen LogP contribution < -0.4 is 14.8 Å². The van der Waals surface area contributed by atoms with Crippen molar-refractivity contribution in [3.05, 3.63) is 91.4 Å². The normalized spacial score (nSPS) is 10.5. The quantitative estimate of drug-likeness (QED) is 0.267. The van der Waals surface area contributed by atoms with Crippen LogP contribution in [0.3, 0.4) is 0 Å². The lowest BCUT2D eigenvalue weighted by Gasteiger charge is -2.16. The average Bonchev–Trinajstić information content (AvgIpc) is 2.73. The van der Waals surface area contributed by atoms with Crippen molar-refractivity contribution in [2.24, 2.45) is 0 Å². The first-order valence-corrected chi connectivity index (χ1v) is 11.4. The molecule has 0 aliphatic heterocycles. The molecule has 3 rings (SSSR count). The number of benzene rings is 3. The molecule has 3 aromatic rings. The van der Waals surface area contributed by atoms with E-state index < -0.39 is 0 Å². The molecule has 32 heavy (non-hydrogen) atoms. The van der Waals surface area contributed by atoms with E-state index in [-0.39, 0.29) is 19.0 Å². The Bertz CT molecular complexity index is 1010. The fourth-order valence-corrected chi connectivity index (χ4v) is 3.91. The van der Waals surface area contributed by atoms with E-state index in [1.165, 1.54) is 5.56 Å². The van der Waals surface area contributed by atoms with Gasteiger partial charge in [-0.1, -0.05) is 64.6 Å². The first kappa shape index (κ1) is 26.9. The van der Waals surface area contributed by atoms with Gasteiger partial charge in [-0.25, -0.2) is 0 Å². The maximum Gasteiger partial charge on any atom is 0.180 e. The minimum atomic E-state index is 0. The molecule has 172 valence electrons. The zero-order chi connectivity index (χ0) is 22.2. The van der Waals surface area contributed by atoms with E-state index in [1.54, 1.807) is 12.1 Å². The summed E-state index contributed by atoms with van der Waals surface area (Å²) in [6, 6.07) is 17.0. The highest BCUT2D eigenvalue weighted by Crippen LogP contribution is 2.37. The Morgan fingerprint density at radius 1 is 0.781 bits per heavy atom. The van der Waals surface area contributed by atoms with Gasteiger partial charge in [0, 0.05) is 27.2 Å². The fraction of sp³-hybridized carbons (Fsp3) is 0.250. The summed E-state index contributed by atoms with van der Waals surface area (Å²) >= 11 is 24.7. The van der Waals surface area contributed by atoms with Gasteiger partial charge >= 0.3 is 0 Å². The van der Waals surface area contributed by atoms with Crippen LogP contribution in [0.25, 0.3) is 0 Å². The molecule has 0 saturated carbocycles. The van der Waals surface area contributed by atoms with Gasteiger partial charge in [-0.2, -0.15) is 0 Å². The predicted octanol–water partition coefficient (Wildman–Crippen LogP) is 8.03. The van der Waals surface area contributed by atoms with Gasteiger partial charge in [0.1, 0.15) is 6.61 Å². The van der Waals surface area contributed by atoms with Crippen molar-refractivity contribution in [2.45, 2.75) is 26.5 Å². The highest BCUT2D eigenvalue weighted by atomic mass is 35.5. The van der Waals surface area contributed by atoms with Crippen molar-refractivity contribution in [1.29, 1.82) is 0 Å². The maximum atomic E-state index is 6.53. The summed E-state index contributed by atoms with van der Waals surface area (Å²) < 4.78 is 11.7. The zero-order valence-corrected chi connectivity index (χ0v) is 21.3. The second-order valence-corrected chi connectivity index (χ2v) is 8.60. The first-order valence-electron chi connectivity index (χ1n) is 9.93. The highest BCUT2D eigenvalue weighted by molar-refractivity contribution is 6.35. The van der Waals surface area contributed by atoms with E-state index in [0.29, 0.717) is 39.7 Å². The van der Waals surface area contributed by atoms with Gasteiger partial charge < -0.3 is 14.8 Å². The summed E-state index contributed by atoms with van der Waals surface area (Å²) in [5.41, 5.74) is 3.06. The molecule has 0 aliphatic carbocycles. The molecule has 0 amide bonds. The van der Waals surface area contributed by atoms with Crippen LogP contribution in [0, 0.1) is 0 Å².